The molecule has 2 N–H and O–H groups in total. The van der Waals surface area contributed by atoms with Crippen LogP contribution in [0.15, 0.2) is 67.0 Å². The van der Waals surface area contributed by atoms with E-state index >= 15 is 0 Å². The fourth-order valence-corrected chi connectivity index (χ4v) is 8.81. The zero-order chi connectivity index (χ0) is 37.5. The summed E-state index contributed by atoms with van der Waals surface area (Å²) >= 11 is 14.3. The van der Waals surface area contributed by atoms with Gasteiger partial charge in [0.25, 0.3) is 0 Å². The molecular weight excluding hydrogens is 737 g/mol. The van der Waals surface area contributed by atoms with Crippen molar-refractivity contribution in [1.29, 1.82) is 0 Å². The molecule has 2 aromatic heterocycles. The van der Waals surface area contributed by atoms with E-state index in [1.165, 1.54) is 12.4 Å². The van der Waals surface area contributed by atoms with Gasteiger partial charge in [-0.15, -0.1) is 11.3 Å². The van der Waals surface area contributed by atoms with Gasteiger partial charge in [0.15, 0.2) is 11.5 Å². The van der Waals surface area contributed by atoms with E-state index in [9.17, 15) is 19.9 Å². The Balaban J connectivity index is 1.32. The van der Waals surface area contributed by atoms with Crippen LogP contribution in [0, 0.1) is 5.92 Å². The highest BCUT2D eigenvalue weighted by molar-refractivity contribution is 7.14. The topological polar surface area (TPSA) is 124 Å². The third-order valence-electron chi connectivity index (χ3n) is 10.2. The third-order valence-corrected chi connectivity index (χ3v) is 12.0. The normalized spacial score (nSPS) is 16.7. The van der Waals surface area contributed by atoms with Gasteiger partial charge in [-0.1, -0.05) is 59.6 Å². The van der Waals surface area contributed by atoms with E-state index in [0.717, 1.165) is 78.8 Å². The second-order valence-corrected chi connectivity index (χ2v) is 15.8. The van der Waals surface area contributed by atoms with Crippen molar-refractivity contribution < 1.29 is 38.8 Å². The van der Waals surface area contributed by atoms with Gasteiger partial charge in [0.2, 0.25) is 12.4 Å². The SMILES string of the molecule is COc1ccc(C(Cc2c(Cl)c[n+](O)cc2Cl)c2cc(CNC(C(=O)OCC3CCN(C)CC3)c3ccccc3)sc2C(=O)[O-])cc1OC1CCCC1. The molecule has 1 saturated heterocycles. The Bertz CT molecular complexity index is 1850. The van der Waals surface area contributed by atoms with Crippen LogP contribution in [0.1, 0.15) is 87.3 Å². The van der Waals surface area contributed by atoms with Crippen molar-refractivity contribution in [3.63, 3.8) is 0 Å². The van der Waals surface area contributed by atoms with Gasteiger partial charge in [-0.3, -0.25) is 10.5 Å². The maximum atomic E-state index is 13.6. The van der Waals surface area contributed by atoms with Crippen LogP contribution in [0.2, 0.25) is 10.0 Å². The molecule has 2 aromatic carbocycles. The van der Waals surface area contributed by atoms with Crippen LogP contribution in [-0.4, -0.2) is 62.0 Å². The molecule has 10 nitrogen and oxygen atoms in total. The van der Waals surface area contributed by atoms with Crippen molar-refractivity contribution in [3.8, 4) is 11.5 Å². The van der Waals surface area contributed by atoms with E-state index in [1.807, 2.05) is 54.6 Å². The fraction of sp³-hybridized carbons (Fsp3) is 0.425. The summed E-state index contributed by atoms with van der Waals surface area (Å²) in [5.41, 5.74) is 2.53. The molecule has 0 spiro atoms. The molecule has 4 aromatic rings. The first-order chi connectivity index (χ1) is 25.6. The number of halogens is 2. The van der Waals surface area contributed by atoms with Crippen LogP contribution in [0.25, 0.3) is 0 Å². The number of nitrogens with zero attached hydrogens (tertiary/aromatic N) is 2. The average molecular weight is 783 g/mol. The molecular formula is C40H45Cl2N3O7S. The van der Waals surface area contributed by atoms with Crippen LogP contribution >= 0.6 is 34.5 Å². The van der Waals surface area contributed by atoms with Gasteiger partial charge in [0, 0.05) is 27.6 Å². The Hall–Kier alpha value is -3.87. The molecule has 6 rings (SSSR count). The molecule has 3 heterocycles. The second-order valence-electron chi connectivity index (χ2n) is 13.9. The molecule has 2 aliphatic rings. The van der Waals surface area contributed by atoms with E-state index in [0.29, 0.717) is 40.0 Å². The maximum absolute atomic E-state index is 13.6. The lowest BCUT2D eigenvalue weighted by atomic mass is 9.85. The van der Waals surface area contributed by atoms with Gasteiger partial charge in [0.1, 0.15) is 16.1 Å². The number of carboxylic acids is 1. The molecule has 1 saturated carbocycles. The van der Waals surface area contributed by atoms with Gasteiger partial charge in [-0.2, -0.15) is 0 Å². The number of hydrogen-bond donors (Lipinski definition) is 2. The summed E-state index contributed by atoms with van der Waals surface area (Å²) in [7, 11) is 3.68. The number of carboxylic acid groups (broad SMARTS) is 1. The van der Waals surface area contributed by atoms with Crippen LogP contribution in [0.5, 0.6) is 11.5 Å². The quantitative estimate of drug-likeness (QED) is 0.0806. The van der Waals surface area contributed by atoms with Gasteiger partial charge in [-0.25, -0.2) is 4.79 Å². The van der Waals surface area contributed by atoms with E-state index < -0.39 is 17.9 Å². The molecule has 2 unspecified atom stereocenters. The molecule has 282 valence electrons. The van der Waals surface area contributed by atoms with Crippen LogP contribution in [0.3, 0.4) is 0 Å². The summed E-state index contributed by atoms with van der Waals surface area (Å²) in [5.74, 6) is -0.831. The number of esters is 1. The fourth-order valence-electron chi connectivity index (χ4n) is 7.20. The molecule has 2 atom stereocenters. The van der Waals surface area contributed by atoms with E-state index in [-0.39, 0.29) is 40.0 Å². The average Bonchev–Trinajstić information content (AvgIpc) is 3.82. The number of nitrogens with one attached hydrogen (secondary N) is 1. The highest BCUT2D eigenvalue weighted by Crippen LogP contribution is 2.42. The minimum Gasteiger partial charge on any atom is -0.544 e. The van der Waals surface area contributed by atoms with E-state index in [1.54, 1.807) is 7.11 Å². The number of aromatic carboxylic acids is 1. The number of methoxy groups -OCH3 is 1. The molecule has 0 amide bonds. The lowest BCUT2D eigenvalue weighted by Crippen LogP contribution is -2.34. The Morgan fingerprint density at radius 3 is 2.36 bits per heavy atom. The molecule has 1 aliphatic carbocycles. The maximum Gasteiger partial charge on any atom is 0.327 e. The number of pyridine rings is 1. The number of aromatic nitrogens is 1. The first-order valence-electron chi connectivity index (χ1n) is 18.0. The third kappa shape index (κ3) is 9.82. The van der Waals surface area contributed by atoms with Crippen molar-refractivity contribution in [1.82, 2.24) is 10.2 Å². The van der Waals surface area contributed by atoms with Crippen molar-refractivity contribution in [2.45, 2.75) is 69.6 Å². The lowest BCUT2D eigenvalue weighted by molar-refractivity contribution is -0.904. The van der Waals surface area contributed by atoms with Gasteiger partial charge in [-0.05, 0) is 106 Å². The Labute approximate surface area is 324 Å². The first-order valence-corrected chi connectivity index (χ1v) is 19.6. The molecule has 0 bridgehead atoms. The van der Waals surface area contributed by atoms with Crippen molar-refractivity contribution in [3.05, 3.63) is 109 Å². The molecule has 0 radical (unpaired) electrons. The zero-order valence-electron chi connectivity index (χ0n) is 29.9. The predicted molar refractivity (Wildman–Crippen MR) is 201 cm³/mol. The van der Waals surface area contributed by atoms with E-state index in [4.69, 9.17) is 37.4 Å². The van der Waals surface area contributed by atoms with Crippen LogP contribution in [-0.2, 0) is 22.5 Å². The van der Waals surface area contributed by atoms with Gasteiger partial charge < -0.3 is 29.0 Å². The Kier molecular flexibility index (Phi) is 13.2. The molecule has 13 heteroatoms. The number of benzene rings is 2. The Morgan fingerprint density at radius 1 is 1.00 bits per heavy atom. The van der Waals surface area contributed by atoms with Crippen molar-refractivity contribution in [2.24, 2.45) is 5.92 Å². The smallest absolute Gasteiger partial charge is 0.327 e. The molecule has 1 aliphatic heterocycles. The first kappa shape index (κ1) is 38.8. The number of hydrogen-bond acceptors (Lipinski definition) is 10. The largest absolute Gasteiger partial charge is 0.544 e. The predicted octanol–water partition coefficient (Wildman–Crippen LogP) is 6.36. The number of rotatable bonds is 15. The summed E-state index contributed by atoms with van der Waals surface area (Å²) < 4.78 is 18.7. The lowest BCUT2D eigenvalue weighted by Gasteiger charge is -2.29. The number of carbonyl (C=O) groups excluding carboxylic acids is 2. The Morgan fingerprint density at radius 2 is 1.70 bits per heavy atom. The zero-order valence-corrected chi connectivity index (χ0v) is 32.2. The highest BCUT2D eigenvalue weighted by atomic mass is 35.5. The number of carbonyl (C=O) groups is 2. The monoisotopic (exact) mass is 781 g/mol. The van der Waals surface area contributed by atoms with Crippen molar-refractivity contribution in [2.75, 3.05) is 33.9 Å². The molecule has 2 fully saturated rings. The van der Waals surface area contributed by atoms with Crippen LogP contribution < -0.4 is 24.6 Å². The molecule has 53 heavy (non-hydrogen) atoms. The standard InChI is InChI=1S/C40H45Cl2N3O7S/c1-44-16-14-25(15-17-44)24-51-40(48)37(26-8-4-3-5-9-26)43-21-29-19-31(38(53-29)39(46)47)30(20-32-33(41)22-45(49)23-34(32)42)27-12-13-35(50-2)36(18-27)52-28-10-6-7-11-28/h3-5,8-9,12-13,18-19,22-23,25,28,30,37,43H,6-7,10-11,14-17,20-21,24H2,1-2H3,(H-,46,47,49). The summed E-state index contributed by atoms with van der Waals surface area (Å²) in [6.45, 7) is 2.49. The van der Waals surface area contributed by atoms with Crippen LogP contribution in [0.4, 0.5) is 0 Å². The number of piperidine rings is 1. The number of thiophene rings is 1. The summed E-state index contributed by atoms with van der Waals surface area (Å²) in [6.07, 6.45) is 8.94. The number of likely N-dealkylation sites (tertiary alicyclic amines) is 1. The van der Waals surface area contributed by atoms with Gasteiger partial charge in [0.05, 0.1) is 30.7 Å². The summed E-state index contributed by atoms with van der Waals surface area (Å²) in [5, 5.41) is 26.6. The van der Waals surface area contributed by atoms with Gasteiger partial charge >= 0.3 is 5.97 Å². The highest BCUT2D eigenvalue weighted by Gasteiger charge is 2.29. The number of ether oxygens (including phenoxy) is 3. The summed E-state index contributed by atoms with van der Waals surface area (Å²) in [6, 6.07) is 16.0. The summed E-state index contributed by atoms with van der Waals surface area (Å²) in [4.78, 5) is 29.4. The second kappa shape index (κ2) is 18.0. The minimum absolute atomic E-state index is 0.0439. The van der Waals surface area contributed by atoms with Crippen molar-refractivity contribution >= 4 is 46.5 Å². The minimum atomic E-state index is -1.33. The van der Waals surface area contributed by atoms with E-state index in [2.05, 4.69) is 17.3 Å².